The average molecular weight is 312 g/mol. The van der Waals surface area contributed by atoms with Gasteiger partial charge in [-0.05, 0) is 56.2 Å². The minimum Gasteiger partial charge on any atom is -0.378 e. The van der Waals surface area contributed by atoms with Crippen LogP contribution in [0, 0.1) is 6.92 Å². The zero-order chi connectivity index (χ0) is 13.0. The summed E-state index contributed by atoms with van der Waals surface area (Å²) >= 11 is 3.60. The first-order chi connectivity index (χ1) is 8.66. The minimum atomic E-state index is 0.126. The second kappa shape index (κ2) is 6.69. The van der Waals surface area contributed by atoms with E-state index in [0.717, 1.165) is 30.3 Å². The summed E-state index contributed by atoms with van der Waals surface area (Å²) in [5, 5.41) is 0. The fourth-order valence-corrected chi connectivity index (χ4v) is 3.31. The summed E-state index contributed by atoms with van der Waals surface area (Å²) in [6.07, 6.45) is 6.26. The van der Waals surface area contributed by atoms with Gasteiger partial charge in [0.25, 0.3) is 0 Å². The lowest BCUT2D eigenvalue weighted by Gasteiger charge is -2.15. The molecule has 1 aliphatic rings. The predicted octanol–water partition coefficient (Wildman–Crippen LogP) is 4.11. The van der Waals surface area contributed by atoms with Crippen molar-refractivity contribution in [3.8, 4) is 0 Å². The number of hydrogen-bond acceptors (Lipinski definition) is 2. The van der Waals surface area contributed by atoms with Gasteiger partial charge >= 0.3 is 0 Å². The summed E-state index contributed by atoms with van der Waals surface area (Å²) in [7, 11) is 0. The number of aryl methyl sites for hydroxylation is 1. The topological polar surface area (TPSA) is 35.2 Å². The van der Waals surface area contributed by atoms with Gasteiger partial charge in [0.15, 0.2) is 0 Å². The van der Waals surface area contributed by atoms with Gasteiger partial charge in [0.05, 0.1) is 6.10 Å². The first kappa shape index (κ1) is 14.0. The van der Waals surface area contributed by atoms with E-state index in [1.165, 1.54) is 24.0 Å². The molecular weight excluding hydrogens is 290 g/mol. The van der Waals surface area contributed by atoms with E-state index in [4.69, 9.17) is 10.5 Å². The van der Waals surface area contributed by atoms with Gasteiger partial charge in [0.1, 0.15) is 0 Å². The fraction of sp³-hybridized carbons (Fsp3) is 0.600. The Hall–Kier alpha value is -0.380. The van der Waals surface area contributed by atoms with Crippen molar-refractivity contribution in [1.82, 2.24) is 0 Å². The maximum atomic E-state index is 6.26. The molecule has 0 radical (unpaired) electrons. The van der Waals surface area contributed by atoms with E-state index in [2.05, 4.69) is 41.1 Å². The lowest BCUT2D eigenvalue weighted by Crippen LogP contribution is -2.12. The van der Waals surface area contributed by atoms with Crippen molar-refractivity contribution in [3.63, 3.8) is 0 Å². The Kier molecular flexibility index (Phi) is 5.22. The molecule has 1 aliphatic heterocycles. The maximum Gasteiger partial charge on any atom is 0.0576 e. The number of benzene rings is 1. The van der Waals surface area contributed by atoms with Crippen molar-refractivity contribution in [2.45, 2.75) is 51.2 Å². The molecule has 3 heteroatoms. The van der Waals surface area contributed by atoms with Crippen LogP contribution < -0.4 is 5.73 Å². The van der Waals surface area contributed by atoms with Crippen molar-refractivity contribution in [3.05, 3.63) is 33.8 Å². The summed E-state index contributed by atoms with van der Waals surface area (Å²) in [5.74, 6) is 0. The van der Waals surface area contributed by atoms with Crippen molar-refractivity contribution in [2.24, 2.45) is 5.73 Å². The van der Waals surface area contributed by atoms with Crippen LogP contribution in [-0.4, -0.2) is 12.7 Å². The largest absolute Gasteiger partial charge is 0.378 e. The van der Waals surface area contributed by atoms with Crippen LogP contribution in [0.4, 0.5) is 0 Å². The highest BCUT2D eigenvalue weighted by Gasteiger charge is 2.16. The molecule has 100 valence electrons. The van der Waals surface area contributed by atoms with Gasteiger partial charge in [-0.1, -0.05) is 28.1 Å². The monoisotopic (exact) mass is 311 g/mol. The lowest BCUT2D eigenvalue weighted by atomic mass is 9.99. The third-order valence-corrected chi connectivity index (χ3v) is 4.31. The Balaban J connectivity index is 1.81. The van der Waals surface area contributed by atoms with Gasteiger partial charge in [-0.3, -0.25) is 0 Å². The summed E-state index contributed by atoms with van der Waals surface area (Å²) in [6.45, 7) is 3.04. The number of rotatable bonds is 5. The summed E-state index contributed by atoms with van der Waals surface area (Å²) in [6, 6.07) is 6.52. The fourth-order valence-electron chi connectivity index (χ4n) is 2.53. The van der Waals surface area contributed by atoms with E-state index in [1.54, 1.807) is 0 Å². The van der Waals surface area contributed by atoms with Crippen LogP contribution in [0.2, 0.25) is 0 Å². The zero-order valence-electron chi connectivity index (χ0n) is 11.0. The van der Waals surface area contributed by atoms with Crippen molar-refractivity contribution in [2.75, 3.05) is 6.61 Å². The van der Waals surface area contributed by atoms with Crippen LogP contribution in [0.15, 0.2) is 22.7 Å². The molecule has 0 amide bonds. The molecular formula is C15H22BrNO. The van der Waals surface area contributed by atoms with E-state index in [9.17, 15) is 0 Å². The summed E-state index contributed by atoms with van der Waals surface area (Å²) in [4.78, 5) is 0. The molecule has 2 nitrogen and oxygen atoms in total. The summed E-state index contributed by atoms with van der Waals surface area (Å²) in [5.41, 5.74) is 8.74. The smallest absolute Gasteiger partial charge is 0.0576 e. The molecule has 0 saturated carbocycles. The molecule has 0 spiro atoms. The molecule has 1 saturated heterocycles. The first-order valence-electron chi connectivity index (χ1n) is 6.80. The maximum absolute atomic E-state index is 6.26. The van der Waals surface area contributed by atoms with E-state index in [1.807, 2.05) is 0 Å². The molecule has 0 aliphatic carbocycles. The average Bonchev–Trinajstić information content (AvgIpc) is 2.81. The molecule has 2 atom stereocenters. The van der Waals surface area contributed by atoms with Gasteiger partial charge in [-0.15, -0.1) is 0 Å². The highest BCUT2D eigenvalue weighted by atomic mass is 79.9. The van der Waals surface area contributed by atoms with Gasteiger partial charge in [0, 0.05) is 17.1 Å². The summed E-state index contributed by atoms with van der Waals surface area (Å²) < 4.78 is 6.76. The highest BCUT2D eigenvalue weighted by Crippen LogP contribution is 2.27. The van der Waals surface area contributed by atoms with Crippen molar-refractivity contribution < 1.29 is 4.74 Å². The number of halogens is 1. The standard InChI is InChI=1S/C15H22BrNO/c1-11-7-8-13(14(16)10-11)15(17)6-2-4-12-5-3-9-18-12/h7-8,10,12,15H,2-6,9,17H2,1H3. The van der Waals surface area contributed by atoms with Crippen LogP contribution >= 0.6 is 15.9 Å². The third-order valence-electron chi connectivity index (χ3n) is 3.62. The second-order valence-electron chi connectivity index (χ2n) is 5.20. The number of hydrogen-bond donors (Lipinski definition) is 1. The van der Waals surface area contributed by atoms with Gasteiger partial charge in [0.2, 0.25) is 0 Å². The van der Waals surface area contributed by atoms with E-state index in [-0.39, 0.29) is 6.04 Å². The predicted molar refractivity (Wildman–Crippen MR) is 78.6 cm³/mol. The Morgan fingerprint density at radius 3 is 3.00 bits per heavy atom. The minimum absolute atomic E-state index is 0.126. The van der Waals surface area contributed by atoms with Crippen molar-refractivity contribution in [1.29, 1.82) is 0 Å². The third kappa shape index (κ3) is 3.81. The molecule has 1 heterocycles. The van der Waals surface area contributed by atoms with Gasteiger partial charge in [-0.2, -0.15) is 0 Å². The molecule has 2 unspecified atom stereocenters. The number of ether oxygens (including phenoxy) is 1. The normalized spacial score (nSPS) is 21.2. The Morgan fingerprint density at radius 2 is 2.33 bits per heavy atom. The molecule has 1 aromatic rings. The molecule has 1 fully saturated rings. The second-order valence-corrected chi connectivity index (χ2v) is 6.05. The zero-order valence-corrected chi connectivity index (χ0v) is 12.6. The molecule has 0 aromatic heterocycles. The van der Waals surface area contributed by atoms with Gasteiger partial charge in [-0.25, -0.2) is 0 Å². The van der Waals surface area contributed by atoms with Crippen LogP contribution in [0.25, 0.3) is 0 Å². The first-order valence-corrected chi connectivity index (χ1v) is 7.59. The Labute approximate surface area is 118 Å². The van der Waals surface area contributed by atoms with E-state index >= 15 is 0 Å². The Bertz CT molecular complexity index is 388. The van der Waals surface area contributed by atoms with Crippen LogP contribution in [-0.2, 0) is 4.74 Å². The van der Waals surface area contributed by atoms with Crippen LogP contribution in [0.3, 0.4) is 0 Å². The number of nitrogens with two attached hydrogens (primary N) is 1. The van der Waals surface area contributed by atoms with Crippen LogP contribution in [0.1, 0.15) is 49.3 Å². The van der Waals surface area contributed by atoms with Crippen LogP contribution in [0.5, 0.6) is 0 Å². The highest BCUT2D eigenvalue weighted by molar-refractivity contribution is 9.10. The molecule has 0 bridgehead atoms. The van der Waals surface area contributed by atoms with E-state index < -0.39 is 0 Å². The SMILES string of the molecule is Cc1ccc(C(N)CCCC2CCCO2)c(Br)c1. The molecule has 2 N–H and O–H groups in total. The quantitative estimate of drug-likeness (QED) is 0.888. The van der Waals surface area contributed by atoms with Crippen molar-refractivity contribution >= 4 is 15.9 Å². The molecule has 18 heavy (non-hydrogen) atoms. The van der Waals surface area contributed by atoms with Gasteiger partial charge < -0.3 is 10.5 Å². The molecule has 1 aromatic carbocycles. The lowest BCUT2D eigenvalue weighted by molar-refractivity contribution is 0.101. The Morgan fingerprint density at radius 1 is 1.50 bits per heavy atom. The van der Waals surface area contributed by atoms with E-state index in [0.29, 0.717) is 6.10 Å². The molecule has 2 rings (SSSR count).